The van der Waals surface area contributed by atoms with E-state index in [1.54, 1.807) is 0 Å². The highest BCUT2D eigenvalue weighted by Gasteiger charge is 2.24. The van der Waals surface area contributed by atoms with Crippen molar-refractivity contribution in [3.05, 3.63) is 46.2 Å². The lowest BCUT2D eigenvalue weighted by Crippen LogP contribution is -1.68. The summed E-state index contributed by atoms with van der Waals surface area (Å²) in [4.78, 5) is 5.72. The summed E-state index contributed by atoms with van der Waals surface area (Å²) < 4.78 is 12.0. The highest BCUT2D eigenvalue weighted by molar-refractivity contribution is 7.49. The van der Waals surface area contributed by atoms with E-state index in [0.29, 0.717) is 0 Å². The number of thiophene rings is 7. The molecule has 29 heavy (non-hydrogen) atoms. The van der Waals surface area contributed by atoms with Crippen molar-refractivity contribution >= 4 is 117 Å². The molecule has 0 saturated heterocycles. The largest absolute Gasteiger partial charge is 0.143 e. The molecular formula is C22H12S7. The molecule has 0 unspecified atom stereocenters. The number of aryl methyl sites for hydroxylation is 2. The normalized spacial score (nSPS) is 12.5. The number of rotatable bonds is 2. The highest BCUT2D eigenvalue weighted by Crippen LogP contribution is 2.57. The third kappa shape index (κ3) is 2.32. The van der Waals surface area contributed by atoms with Gasteiger partial charge in [0.1, 0.15) is 0 Å². The van der Waals surface area contributed by atoms with Crippen LogP contribution in [0.4, 0.5) is 0 Å². The maximum Gasteiger partial charge on any atom is 0.0651 e. The molecule has 0 aliphatic heterocycles. The molecule has 0 N–H and O–H groups in total. The molecule has 0 spiro atoms. The van der Waals surface area contributed by atoms with E-state index in [-0.39, 0.29) is 0 Å². The second-order valence-corrected chi connectivity index (χ2v) is 14.0. The summed E-state index contributed by atoms with van der Waals surface area (Å²) in [7, 11) is 0. The molecule has 0 amide bonds. The Morgan fingerprint density at radius 3 is 1.24 bits per heavy atom. The summed E-state index contributed by atoms with van der Waals surface area (Å²) in [5, 5.41) is 4.36. The molecular weight excluding hydrogens is 489 g/mol. The van der Waals surface area contributed by atoms with Crippen LogP contribution in [-0.4, -0.2) is 0 Å². The van der Waals surface area contributed by atoms with Crippen LogP contribution < -0.4 is 0 Å². The predicted molar refractivity (Wildman–Crippen MR) is 142 cm³/mol. The summed E-state index contributed by atoms with van der Waals surface area (Å²) in [6.45, 7) is 4.60. The number of fused-ring (bicyclic) bond motifs is 7. The molecule has 0 atom stereocenters. The zero-order chi connectivity index (χ0) is 19.3. The third-order valence-corrected chi connectivity index (χ3v) is 14.8. The molecule has 0 aromatic carbocycles. The lowest BCUT2D eigenvalue weighted by Gasteiger charge is -1.94. The van der Waals surface area contributed by atoms with Crippen molar-refractivity contribution < 1.29 is 0 Å². The van der Waals surface area contributed by atoms with Gasteiger partial charge in [-0.3, -0.25) is 0 Å². The summed E-state index contributed by atoms with van der Waals surface area (Å²) in [5.41, 5.74) is 2.92. The van der Waals surface area contributed by atoms with Gasteiger partial charge in [0.15, 0.2) is 0 Å². The molecule has 7 aromatic rings. The molecule has 0 saturated carbocycles. The van der Waals surface area contributed by atoms with Crippen LogP contribution in [0.2, 0.25) is 0 Å². The van der Waals surface area contributed by atoms with Crippen molar-refractivity contribution in [1.29, 1.82) is 0 Å². The topological polar surface area (TPSA) is 0 Å². The Morgan fingerprint density at radius 2 is 0.862 bits per heavy atom. The predicted octanol–water partition coefficient (Wildman–Crippen LogP) is 10.7. The lowest BCUT2D eigenvalue weighted by molar-refractivity contribution is 1.62. The average Bonchev–Trinajstić information content (AvgIpc) is 3.49. The maximum atomic E-state index is 2.30. The smallest absolute Gasteiger partial charge is 0.0651 e. The van der Waals surface area contributed by atoms with Gasteiger partial charge in [0.25, 0.3) is 0 Å². The minimum atomic E-state index is 1.40. The summed E-state index contributed by atoms with van der Waals surface area (Å²) in [6.07, 6.45) is 0. The van der Waals surface area contributed by atoms with Gasteiger partial charge in [0, 0.05) is 19.5 Å². The van der Waals surface area contributed by atoms with Gasteiger partial charge in [0.2, 0.25) is 0 Å². The van der Waals surface area contributed by atoms with Crippen molar-refractivity contribution in [3.8, 4) is 19.5 Å². The number of hydrogen-bond donors (Lipinski definition) is 0. The molecule has 0 bridgehead atoms. The van der Waals surface area contributed by atoms with E-state index in [4.69, 9.17) is 0 Å². The Labute approximate surface area is 194 Å². The average molecular weight is 501 g/mol. The number of hydrogen-bond acceptors (Lipinski definition) is 7. The molecule has 0 aliphatic carbocycles. The summed E-state index contributed by atoms with van der Waals surface area (Å²) in [5.74, 6) is 0. The fourth-order valence-electron chi connectivity index (χ4n) is 3.92. The van der Waals surface area contributed by atoms with E-state index in [2.05, 4.69) is 48.9 Å². The highest BCUT2D eigenvalue weighted by atomic mass is 32.1. The van der Waals surface area contributed by atoms with Crippen LogP contribution in [-0.2, 0) is 0 Å². The Kier molecular flexibility index (Phi) is 3.78. The molecule has 142 valence electrons. The Morgan fingerprint density at radius 1 is 0.483 bits per heavy atom. The first-order chi connectivity index (χ1) is 14.2. The molecule has 7 heterocycles. The first-order valence-corrected chi connectivity index (χ1v) is 14.9. The zero-order valence-corrected chi connectivity index (χ0v) is 21.0. The Bertz CT molecular complexity index is 1530. The Balaban J connectivity index is 1.52. The zero-order valence-electron chi connectivity index (χ0n) is 15.3. The fourth-order valence-corrected chi connectivity index (χ4v) is 13.4. The van der Waals surface area contributed by atoms with Crippen molar-refractivity contribution in [2.75, 3.05) is 0 Å². The molecule has 0 radical (unpaired) electrons. The molecule has 7 aromatic heterocycles. The van der Waals surface area contributed by atoms with E-state index < -0.39 is 0 Å². The van der Waals surface area contributed by atoms with Crippen molar-refractivity contribution in [2.24, 2.45) is 0 Å². The first kappa shape index (κ1) is 17.6. The van der Waals surface area contributed by atoms with Crippen LogP contribution in [0, 0.1) is 13.8 Å². The van der Waals surface area contributed by atoms with E-state index >= 15 is 0 Å². The van der Waals surface area contributed by atoms with Gasteiger partial charge in [-0.1, -0.05) is 12.1 Å². The van der Waals surface area contributed by atoms with Gasteiger partial charge >= 0.3 is 0 Å². The molecule has 0 fully saturated rings. The van der Waals surface area contributed by atoms with E-state index in [1.807, 2.05) is 79.4 Å². The van der Waals surface area contributed by atoms with Gasteiger partial charge in [-0.2, -0.15) is 0 Å². The quantitative estimate of drug-likeness (QED) is 0.221. The van der Waals surface area contributed by atoms with E-state index in [1.165, 1.54) is 68.2 Å². The summed E-state index contributed by atoms with van der Waals surface area (Å²) in [6, 6.07) is 8.82. The van der Waals surface area contributed by atoms with Crippen LogP contribution in [0.5, 0.6) is 0 Å². The lowest BCUT2D eigenvalue weighted by atomic mass is 10.2. The van der Waals surface area contributed by atoms with Crippen molar-refractivity contribution in [3.63, 3.8) is 0 Å². The van der Waals surface area contributed by atoms with Crippen LogP contribution in [0.25, 0.3) is 57.1 Å². The van der Waals surface area contributed by atoms with Gasteiger partial charge < -0.3 is 0 Å². The minimum absolute atomic E-state index is 1.40. The first-order valence-electron chi connectivity index (χ1n) is 9.08. The molecule has 0 aliphatic rings. The van der Waals surface area contributed by atoms with Gasteiger partial charge in [-0.25, -0.2) is 0 Å². The summed E-state index contributed by atoms with van der Waals surface area (Å²) >= 11 is 13.7. The second-order valence-electron chi connectivity index (χ2n) is 7.01. The standard InChI is InChI=1S/C22H12S7/c1-9-13(11-5-3-7-23-11)25-17-15(9)27-21-19(17)29-20-18-16(28-22(20)21)10(2)14(26-18)12-6-4-8-24-12/h3-8H,1-2H3. The van der Waals surface area contributed by atoms with Crippen molar-refractivity contribution in [2.45, 2.75) is 13.8 Å². The SMILES string of the molecule is Cc1c(-c2cccs2)sc2c1sc1c2sc2c3sc(-c4cccs4)c(C)c3sc21. The van der Waals surface area contributed by atoms with Gasteiger partial charge in [-0.05, 0) is 47.9 Å². The van der Waals surface area contributed by atoms with Crippen LogP contribution >= 0.6 is 79.4 Å². The second kappa shape index (κ2) is 6.23. The molecule has 7 rings (SSSR count). The maximum absolute atomic E-state index is 2.30. The van der Waals surface area contributed by atoms with Gasteiger partial charge in [-0.15, -0.1) is 79.4 Å². The van der Waals surface area contributed by atoms with Crippen LogP contribution in [0.1, 0.15) is 11.1 Å². The monoisotopic (exact) mass is 500 g/mol. The minimum Gasteiger partial charge on any atom is -0.143 e. The fraction of sp³-hybridized carbons (Fsp3) is 0.0909. The molecule has 7 heteroatoms. The third-order valence-electron chi connectivity index (χ3n) is 5.32. The van der Waals surface area contributed by atoms with E-state index in [9.17, 15) is 0 Å². The van der Waals surface area contributed by atoms with Gasteiger partial charge in [0.05, 0.1) is 37.6 Å². The molecule has 0 nitrogen and oxygen atoms in total. The Hall–Kier alpha value is -1.06. The van der Waals surface area contributed by atoms with E-state index in [0.717, 1.165) is 0 Å². The van der Waals surface area contributed by atoms with Crippen LogP contribution in [0.15, 0.2) is 35.0 Å². The van der Waals surface area contributed by atoms with Crippen molar-refractivity contribution in [1.82, 2.24) is 0 Å². The van der Waals surface area contributed by atoms with Crippen LogP contribution in [0.3, 0.4) is 0 Å².